The van der Waals surface area contributed by atoms with Crippen LogP contribution in [0.25, 0.3) is 0 Å². The normalized spacial score (nSPS) is 11.0. The summed E-state index contributed by atoms with van der Waals surface area (Å²) in [5.41, 5.74) is 0.479. The van der Waals surface area contributed by atoms with Crippen molar-refractivity contribution in [2.24, 2.45) is 0 Å². The molecule has 168 valence electrons. The van der Waals surface area contributed by atoms with E-state index < -0.39 is 15.9 Å². The van der Waals surface area contributed by atoms with Crippen LogP contribution in [0.2, 0.25) is 10.0 Å². The number of amides is 1. The highest BCUT2D eigenvalue weighted by atomic mass is 79.9. The molecule has 0 bridgehead atoms. The summed E-state index contributed by atoms with van der Waals surface area (Å²) in [7, 11) is -2.60. The Balaban J connectivity index is 1.73. The molecule has 0 aromatic heterocycles. The molecule has 0 saturated heterocycles. The Kier molecular flexibility index (Phi) is 7.89. The molecule has 0 spiro atoms. The zero-order chi connectivity index (χ0) is 23.3. The quantitative estimate of drug-likeness (QED) is 0.375. The van der Waals surface area contributed by atoms with Crippen molar-refractivity contribution in [2.45, 2.75) is 4.90 Å². The van der Waals surface area contributed by atoms with E-state index in [1.165, 1.54) is 37.4 Å². The third kappa shape index (κ3) is 6.29. The van der Waals surface area contributed by atoms with Crippen LogP contribution >= 0.6 is 39.1 Å². The van der Waals surface area contributed by atoms with Crippen LogP contribution in [0.5, 0.6) is 11.5 Å². The van der Waals surface area contributed by atoms with E-state index in [0.717, 1.165) is 4.47 Å². The number of nitrogens with one attached hydrogen (secondary N) is 2. The minimum Gasteiger partial charge on any atom is -0.495 e. The Bertz CT molecular complexity index is 1240. The maximum atomic E-state index is 12.8. The first-order valence-corrected chi connectivity index (χ1v) is 12.1. The molecule has 0 atom stereocenters. The number of halogens is 3. The topological polar surface area (TPSA) is 93.7 Å². The second kappa shape index (κ2) is 10.4. The van der Waals surface area contributed by atoms with E-state index in [1.54, 1.807) is 30.3 Å². The van der Waals surface area contributed by atoms with Crippen LogP contribution in [0.3, 0.4) is 0 Å². The molecule has 7 nitrogen and oxygen atoms in total. The fraction of sp³-hybridized carbons (Fsp3) is 0.0952. The van der Waals surface area contributed by atoms with Crippen LogP contribution in [0.1, 0.15) is 0 Å². The Morgan fingerprint density at radius 3 is 2.38 bits per heavy atom. The molecule has 0 aliphatic rings. The molecule has 0 unspecified atom stereocenters. The summed E-state index contributed by atoms with van der Waals surface area (Å²) in [5.74, 6) is 0.377. The molecule has 2 N–H and O–H groups in total. The van der Waals surface area contributed by atoms with E-state index in [1.807, 2.05) is 0 Å². The van der Waals surface area contributed by atoms with Crippen LogP contribution < -0.4 is 19.5 Å². The van der Waals surface area contributed by atoms with Gasteiger partial charge in [-0.2, -0.15) is 0 Å². The van der Waals surface area contributed by atoms with E-state index in [4.69, 9.17) is 32.7 Å². The maximum Gasteiger partial charge on any atom is 0.262 e. The Morgan fingerprint density at radius 2 is 1.72 bits per heavy atom. The minimum atomic E-state index is -3.99. The van der Waals surface area contributed by atoms with Crippen molar-refractivity contribution in [1.29, 1.82) is 0 Å². The van der Waals surface area contributed by atoms with E-state index in [2.05, 4.69) is 26.0 Å². The van der Waals surface area contributed by atoms with E-state index in [-0.39, 0.29) is 33.0 Å². The number of carbonyl (C=O) groups is 1. The van der Waals surface area contributed by atoms with E-state index >= 15 is 0 Å². The Morgan fingerprint density at radius 1 is 1.00 bits per heavy atom. The van der Waals surface area contributed by atoms with Gasteiger partial charge in [0.15, 0.2) is 6.61 Å². The molecule has 1 amide bonds. The van der Waals surface area contributed by atoms with Gasteiger partial charge in [0, 0.05) is 10.2 Å². The van der Waals surface area contributed by atoms with Gasteiger partial charge < -0.3 is 14.8 Å². The largest absolute Gasteiger partial charge is 0.495 e. The zero-order valence-electron chi connectivity index (χ0n) is 16.6. The van der Waals surface area contributed by atoms with Gasteiger partial charge in [-0.1, -0.05) is 39.1 Å². The molecule has 32 heavy (non-hydrogen) atoms. The third-order valence-corrected chi connectivity index (χ3v) is 6.74. The number of sulfonamides is 1. The summed E-state index contributed by atoms with van der Waals surface area (Å²) in [6.45, 7) is -0.224. The van der Waals surface area contributed by atoms with Gasteiger partial charge in [0.05, 0.1) is 27.7 Å². The molecule has 3 aromatic rings. The summed E-state index contributed by atoms with van der Waals surface area (Å²) in [6, 6.07) is 15.5. The van der Waals surface area contributed by atoms with E-state index in [0.29, 0.717) is 11.4 Å². The molecular weight excluding hydrogens is 543 g/mol. The SMILES string of the molecule is COc1ccc(NC(=O)COc2ccc(Br)cc2)cc1NS(=O)(=O)c1ccc(Cl)c(Cl)c1. The zero-order valence-corrected chi connectivity index (χ0v) is 20.5. The van der Waals surface area contributed by atoms with Crippen molar-refractivity contribution in [3.05, 3.63) is 75.2 Å². The standard InChI is InChI=1S/C21H17BrCl2N2O5S/c1-30-20-9-4-14(25-21(27)12-31-15-5-2-13(22)3-6-15)10-19(20)26-32(28,29)16-7-8-17(23)18(24)11-16/h2-11,26H,12H2,1H3,(H,25,27). The number of anilines is 2. The number of methoxy groups -OCH3 is 1. The van der Waals surface area contributed by atoms with Crippen molar-refractivity contribution >= 4 is 66.4 Å². The molecule has 0 saturated carbocycles. The second-order valence-electron chi connectivity index (χ2n) is 6.39. The highest BCUT2D eigenvalue weighted by molar-refractivity contribution is 9.10. The monoisotopic (exact) mass is 558 g/mol. The molecule has 3 rings (SSSR count). The number of hydrogen-bond donors (Lipinski definition) is 2. The van der Waals surface area contributed by atoms with Crippen LogP contribution in [0.15, 0.2) is 70.0 Å². The lowest BCUT2D eigenvalue weighted by molar-refractivity contribution is -0.118. The first-order valence-electron chi connectivity index (χ1n) is 9.02. The predicted molar refractivity (Wildman–Crippen MR) is 129 cm³/mol. The molecule has 0 fully saturated rings. The molecule has 0 radical (unpaired) electrons. The lowest BCUT2D eigenvalue weighted by atomic mass is 10.2. The Labute approximate surface area is 203 Å². The highest BCUT2D eigenvalue weighted by Gasteiger charge is 2.18. The minimum absolute atomic E-state index is 0.0775. The molecule has 0 heterocycles. The van der Waals surface area contributed by atoms with Crippen LogP contribution in [-0.2, 0) is 14.8 Å². The number of hydrogen-bond acceptors (Lipinski definition) is 5. The van der Waals surface area contributed by atoms with Crippen molar-refractivity contribution in [1.82, 2.24) is 0 Å². The number of benzene rings is 3. The number of carbonyl (C=O) groups excluding carboxylic acids is 1. The average Bonchev–Trinajstić information content (AvgIpc) is 2.75. The summed E-state index contributed by atoms with van der Waals surface area (Å²) < 4.78 is 39.5. The molecule has 11 heteroatoms. The summed E-state index contributed by atoms with van der Waals surface area (Å²) >= 11 is 15.1. The van der Waals surface area contributed by atoms with E-state index in [9.17, 15) is 13.2 Å². The van der Waals surface area contributed by atoms with Crippen molar-refractivity contribution in [3.8, 4) is 11.5 Å². The fourth-order valence-corrected chi connectivity index (χ4v) is 4.30. The van der Waals surface area contributed by atoms with Gasteiger partial charge in [0.25, 0.3) is 15.9 Å². The number of rotatable bonds is 8. The maximum absolute atomic E-state index is 12.8. The van der Waals surface area contributed by atoms with Crippen LogP contribution in [0.4, 0.5) is 11.4 Å². The van der Waals surface area contributed by atoms with Crippen LogP contribution in [0, 0.1) is 0 Å². The van der Waals surface area contributed by atoms with Crippen molar-refractivity contribution < 1.29 is 22.7 Å². The van der Waals surface area contributed by atoms with Gasteiger partial charge in [-0.3, -0.25) is 9.52 Å². The average molecular weight is 560 g/mol. The first-order chi connectivity index (χ1) is 15.2. The second-order valence-corrected chi connectivity index (χ2v) is 9.80. The molecule has 0 aliphatic heterocycles. The summed E-state index contributed by atoms with van der Waals surface area (Å²) in [5, 5.41) is 2.99. The lowest BCUT2D eigenvalue weighted by Crippen LogP contribution is -2.20. The van der Waals surface area contributed by atoms with Crippen molar-refractivity contribution in [2.75, 3.05) is 23.8 Å². The Hall–Kier alpha value is -2.46. The van der Waals surface area contributed by atoms with Crippen LogP contribution in [-0.4, -0.2) is 28.0 Å². The first kappa shape index (κ1) is 24.2. The smallest absolute Gasteiger partial charge is 0.262 e. The fourth-order valence-electron chi connectivity index (χ4n) is 2.59. The van der Waals surface area contributed by atoms with Gasteiger partial charge in [-0.05, 0) is 60.7 Å². The molecule has 0 aliphatic carbocycles. The predicted octanol–water partition coefficient (Wildman–Crippen LogP) is 5.58. The van der Waals surface area contributed by atoms with Gasteiger partial charge in [-0.25, -0.2) is 8.42 Å². The lowest BCUT2D eigenvalue weighted by Gasteiger charge is -2.14. The van der Waals surface area contributed by atoms with Gasteiger partial charge >= 0.3 is 0 Å². The molecule has 3 aromatic carbocycles. The van der Waals surface area contributed by atoms with Gasteiger partial charge in [0.2, 0.25) is 0 Å². The third-order valence-electron chi connectivity index (χ3n) is 4.11. The summed E-state index contributed by atoms with van der Waals surface area (Å²) in [4.78, 5) is 12.2. The van der Waals surface area contributed by atoms with Gasteiger partial charge in [0.1, 0.15) is 11.5 Å². The van der Waals surface area contributed by atoms with Crippen molar-refractivity contribution in [3.63, 3.8) is 0 Å². The number of ether oxygens (including phenoxy) is 2. The highest BCUT2D eigenvalue weighted by Crippen LogP contribution is 2.31. The van der Waals surface area contributed by atoms with Gasteiger partial charge in [-0.15, -0.1) is 0 Å². The molecular formula is C21H17BrCl2N2O5S. The summed E-state index contributed by atoms with van der Waals surface area (Å²) in [6.07, 6.45) is 0.